The molecule has 5 heteroatoms. The van der Waals surface area contributed by atoms with E-state index >= 15 is 0 Å². The minimum absolute atomic E-state index is 1.32. The molecule has 0 aliphatic carbocycles. The van der Waals surface area contributed by atoms with Crippen LogP contribution in [-0.2, 0) is 0 Å². The van der Waals surface area contributed by atoms with Crippen LogP contribution in [0.4, 0.5) is 0 Å². The third-order valence-corrected chi connectivity index (χ3v) is 7.89. The molecule has 0 saturated carbocycles. The average molecular weight is 404 g/mol. The molecule has 5 heterocycles. The Hall–Kier alpha value is -1.79. The van der Waals surface area contributed by atoms with Crippen molar-refractivity contribution in [2.75, 3.05) is 0 Å². The second-order valence-electron chi connectivity index (χ2n) is 5.82. The Labute approximate surface area is 169 Å². The van der Waals surface area contributed by atoms with Crippen molar-refractivity contribution >= 4 is 52.3 Å². The molecule has 0 nitrogen and oxygen atoms in total. The second kappa shape index (κ2) is 7.08. The van der Waals surface area contributed by atoms with E-state index in [1.165, 1.54) is 41.7 Å². The standard InChI is InChI=1S/C21H13BS4/c1-5-15(23-9-1)14-13-22-21(18-8-4-12-26-18)20(17-7-3-11-25-17)19(14)16-6-2-10-24-16/h1-13H. The van der Waals surface area contributed by atoms with Crippen molar-refractivity contribution in [3.05, 3.63) is 76.0 Å². The molecule has 0 fully saturated rings. The van der Waals surface area contributed by atoms with E-state index in [4.69, 9.17) is 0 Å². The Balaban J connectivity index is 1.90. The summed E-state index contributed by atoms with van der Waals surface area (Å²) in [7, 11) is 0. The second-order valence-corrected chi connectivity index (χ2v) is 9.61. The molecule has 0 bridgehead atoms. The summed E-state index contributed by atoms with van der Waals surface area (Å²) in [4.78, 5) is 5.30. The van der Waals surface area contributed by atoms with Crippen LogP contribution in [-0.4, -0.2) is 6.91 Å². The fourth-order valence-corrected chi connectivity index (χ4v) is 6.33. The Morgan fingerprint density at radius 1 is 0.538 bits per heavy atom. The van der Waals surface area contributed by atoms with E-state index in [2.05, 4.69) is 82.9 Å². The third-order valence-electron chi connectivity index (χ3n) is 4.31. The van der Waals surface area contributed by atoms with Gasteiger partial charge in [-0.1, -0.05) is 0 Å². The number of rotatable bonds is 4. The molecular formula is C21H13BS4. The summed E-state index contributed by atoms with van der Waals surface area (Å²) in [6, 6.07) is 17.5. The molecule has 5 rings (SSSR count). The normalized spacial score (nSPS) is 10.9. The molecule has 0 unspecified atom stereocenters. The van der Waals surface area contributed by atoms with E-state index in [1.54, 1.807) is 0 Å². The predicted octanol–water partition coefficient (Wildman–Crippen LogP) is 7.94. The molecule has 0 radical (unpaired) electrons. The van der Waals surface area contributed by atoms with Crippen LogP contribution < -0.4 is 0 Å². The summed E-state index contributed by atoms with van der Waals surface area (Å²) in [6.45, 7) is 2.30. The molecule has 0 aliphatic rings. The van der Waals surface area contributed by atoms with Crippen LogP contribution in [0.2, 0.25) is 0 Å². The molecule has 124 valence electrons. The van der Waals surface area contributed by atoms with Gasteiger partial charge in [0.05, 0.1) is 0 Å². The molecule has 0 spiro atoms. The van der Waals surface area contributed by atoms with Crippen LogP contribution in [0, 0.1) is 0 Å². The zero-order valence-electron chi connectivity index (χ0n) is 13.7. The zero-order chi connectivity index (χ0) is 17.3. The van der Waals surface area contributed by atoms with Crippen LogP contribution in [0.25, 0.3) is 41.7 Å². The Bertz CT molecular complexity index is 1010. The first kappa shape index (κ1) is 16.4. The SMILES string of the molecule is b1cc(-c2cccs2)c(-c2cccs2)c(-c2cccs2)c1-c1cccs1. The molecule has 0 aliphatic heterocycles. The summed E-state index contributed by atoms with van der Waals surface area (Å²) in [5, 5.41) is 8.66. The molecule has 0 atom stereocenters. The first-order valence-electron chi connectivity index (χ1n) is 8.24. The molecule has 5 aromatic heterocycles. The van der Waals surface area contributed by atoms with Gasteiger partial charge in [0.1, 0.15) is 0 Å². The van der Waals surface area contributed by atoms with E-state index in [1.807, 2.05) is 45.3 Å². The molecule has 26 heavy (non-hydrogen) atoms. The fourth-order valence-electron chi connectivity index (χ4n) is 3.23. The molecule has 5 aromatic rings. The van der Waals surface area contributed by atoms with Crippen LogP contribution >= 0.6 is 45.3 Å². The van der Waals surface area contributed by atoms with E-state index in [-0.39, 0.29) is 0 Å². The molecule has 0 N–H and O–H groups in total. The quantitative estimate of drug-likeness (QED) is 0.285. The van der Waals surface area contributed by atoms with Gasteiger partial charge in [-0.15, -0.1) is 0 Å². The van der Waals surface area contributed by atoms with Crippen molar-refractivity contribution < 1.29 is 0 Å². The van der Waals surface area contributed by atoms with Gasteiger partial charge >= 0.3 is 170 Å². The monoisotopic (exact) mass is 404 g/mol. The van der Waals surface area contributed by atoms with Gasteiger partial charge in [0.2, 0.25) is 0 Å². The van der Waals surface area contributed by atoms with Gasteiger partial charge in [0, 0.05) is 0 Å². The van der Waals surface area contributed by atoms with Gasteiger partial charge in [-0.05, 0) is 0 Å². The topological polar surface area (TPSA) is 0 Å². The Morgan fingerprint density at radius 3 is 1.58 bits per heavy atom. The first-order valence-corrected chi connectivity index (χ1v) is 11.8. The number of hydrogen-bond acceptors (Lipinski definition) is 4. The molecule has 0 saturated heterocycles. The average Bonchev–Trinajstić information content (AvgIpc) is 3.49. The van der Waals surface area contributed by atoms with Crippen molar-refractivity contribution in [3.8, 4) is 41.7 Å². The maximum absolute atomic E-state index is 2.30. The minimum atomic E-state index is 1.32. The van der Waals surface area contributed by atoms with Crippen molar-refractivity contribution in [2.24, 2.45) is 0 Å². The van der Waals surface area contributed by atoms with Crippen molar-refractivity contribution in [1.82, 2.24) is 0 Å². The first-order chi connectivity index (χ1) is 12.9. The number of hydrogen-bond donors (Lipinski definition) is 0. The van der Waals surface area contributed by atoms with Gasteiger partial charge in [-0.3, -0.25) is 0 Å². The third kappa shape index (κ3) is 2.85. The summed E-state index contributed by atoms with van der Waals surface area (Å²) < 4.78 is 0. The summed E-state index contributed by atoms with van der Waals surface area (Å²) >= 11 is 7.25. The molecular weight excluding hydrogens is 391 g/mol. The van der Waals surface area contributed by atoms with Gasteiger partial charge in [-0.2, -0.15) is 0 Å². The van der Waals surface area contributed by atoms with Gasteiger partial charge in [-0.25, -0.2) is 0 Å². The van der Waals surface area contributed by atoms with E-state index in [9.17, 15) is 0 Å². The van der Waals surface area contributed by atoms with Gasteiger partial charge < -0.3 is 0 Å². The van der Waals surface area contributed by atoms with Gasteiger partial charge in [0.25, 0.3) is 0 Å². The van der Waals surface area contributed by atoms with Crippen molar-refractivity contribution in [1.29, 1.82) is 0 Å². The number of thiophene rings is 4. The maximum atomic E-state index is 2.30. The Kier molecular flexibility index (Phi) is 4.47. The van der Waals surface area contributed by atoms with Gasteiger partial charge in [0.15, 0.2) is 0 Å². The van der Waals surface area contributed by atoms with Crippen molar-refractivity contribution in [2.45, 2.75) is 0 Å². The molecule has 0 amide bonds. The molecule has 0 aromatic carbocycles. The van der Waals surface area contributed by atoms with E-state index in [0.29, 0.717) is 0 Å². The summed E-state index contributed by atoms with van der Waals surface area (Å²) in [5.74, 6) is 2.30. The Morgan fingerprint density at radius 2 is 1.04 bits per heavy atom. The summed E-state index contributed by atoms with van der Waals surface area (Å²) in [5.41, 5.74) is 5.36. The fraction of sp³-hybridized carbons (Fsp3) is 0. The predicted molar refractivity (Wildman–Crippen MR) is 121 cm³/mol. The zero-order valence-corrected chi connectivity index (χ0v) is 17.0. The van der Waals surface area contributed by atoms with Crippen LogP contribution in [0.3, 0.4) is 0 Å². The van der Waals surface area contributed by atoms with Crippen LogP contribution in [0.5, 0.6) is 0 Å². The summed E-state index contributed by atoms with van der Waals surface area (Å²) in [6.07, 6.45) is 0. The van der Waals surface area contributed by atoms with Crippen LogP contribution in [0.15, 0.2) is 76.0 Å². The van der Waals surface area contributed by atoms with E-state index in [0.717, 1.165) is 0 Å². The van der Waals surface area contributed by atoms with Crippen LogP contribution in [0.1, 0.15) is 0 Å². The van der Waals surface area contributed by atoms with E-state index < -0.39 is 0 Å². The van der Waals surface area contributed by atoms with Crippen molar-refractivity contribution in [3.63, 3.8) is 0 Å².